The molecule has 0 spiro atoms. The Morgan fingerprint density at radius 3 is 2.36 bits per heavy atom. The van der Waals surface area contributed by atoms with Gasteiger partial charge in [0.2, 0.25) is 5.91 Å². The first-order valence-corrected chi connectivity index (χ1v) is 10.2. The first-order chi connectivity index (χ1) is 13.6. The van der Waals surface area contributed by atoms with Crippen molar-refractivity contribution in [1.82, 2.24) is 10.2 Å². The lowest BCUT2D eigenvalue weighted by Crippen LogP contribution is -2.45. The molecule has 1 aliphatic heterocycles. The molecule has 0 radical (unpaired) electrons. The monoisotopic (exact) mass is 381 g/mol. The Balaban J connectivity index is 1.43. The number of hydrogen-bond donors (Lipinski definition) is 1. The number of ether oxygens (including phenoxy) is 1. The summed E-state index contributed by atoms with van der Waals surface area (Å²) in [5.41, 5.74) is 2.61. The summed E-state index contributed by atoms with van der Waals surface area (Å²) in [6, 6.07) is 18.9. The van der Waals surface area contributed by atoms with Crippen molar-refractivity contribution in [3.8, 4) is 5.75 Å². The number of carbonyl (C=O) groups excluding carboxylic acids is 1. The highest BCUT2D eigenvalue weighted by atomic mass is 16.5. The minimum atomic E-state index is -0.0487. The van der Waals surface area contributed by atoms with Gasteiger partial charge in [-0.2, -0.15) is 0 Å². The zero-order valence-corrected chi connectivity index (χ0v) is 16.9. The molecule has 2 aromatic carbocycles. The van der Waals surface area contributed by atoms with Crippen LogP contribution in [0.4, 0.5) is 5.69 Å². The summed E-state index contributed by atoms with van der Waals surface area (Å²) in [5.74, 6) is 0.897. The Hall–Kier alpha value is -2.53. The molecular formula is C23H31N3O2. The van der Waals surface area contributed by atoms with Gasteiger partial charge in [0, 0.05) is 44.8 Å². The van der Waals surface area contributed by atoms with Crippen molar-refractivity contribution >= 4 is 11.6 Å². The van der Waals surface area contributed by atoms with Gasteiger partial charge in [-0.05, 0) is 36.8 Å². The fourth-order valence-corrected chi connectivity index (χ4v) is 3.39. The van der Waals surface area contributed by atoms with Crippen LogP contribution in [-0.2, 0) is 11.3 Å². The number of amides is 1. The fraction of sp³-hybridized carbons (Fsp3) is 0.435. The van der Waals surface area contributed by atoms with Crippen molar-refractivity contribution in [3.63, 3.8) is 0 Å². The number of nitrogens with zero attached hydrogens (tertiary/aromatic N) is 2. The summed E-state index contributed by atoms with van der Waals surface area (Å²) >= 11 is 0. The van der Waals surface area contributed by atoms with Crippen LogP contribution in [0.2, 0.25) is 0 Å². The van der Waals surface area contributed by atoms with Crippen molar-refractivity contribution in [3.05, 3.63) is 60.2 Å². The Labute approximate surface area is 168 Å². The van der Waals surface area contributed by atoms with Crippen LogP contribution in [0.15, 0.2) is 54.6 Å². The molecule has 28 heavy (non-hydrogen) atoms. The van der Waals surface area contributed by atoms with Gasteiger partial charge in [-0.25, -0.2) is 0 Å². The first-order valence-electron chi connectivity index (χ1n) is 10.2. The Morgan fingerprint density at radius 1 is 1.04 bits per heavy atom. The van der Waals surface area contributed by atoms with E-state index in [1.54, 1.807) is 0 Å². The SMILES string of the molecule is CCC(=O)NCC(C)Oc1ccc(CN2CCN(c3ccccc3)CC2)cc1. The second-order valence-corrected chi connectivity index (χ2v) is 7.33. The van der Waals surface area contributed by atoms with Crippen molar-refractivity contribution in [2.24, 2.45) is 0 Å². The number of nitrogens with one attached hydrogen (secondary N) is 1. The highest BCUT2D eigenvalue weighted by molar-refractivity contribution is 5.75. The van der Waals surface area contributed by atoms with Crippen molar-refractivity contribution < 1.29 is 9.53 Å². The van der Waals surface area contributed by atoms with Gasteiger partial charge in [0.15, 0.2) is 0 Å². The molecule has 1 saturated heterocycles. The number of rotatable bonds is 8. The molecule has 0 aliphatic carbocycles. The largest absolute Gasteiger partial charge is 0.489 e. The predicted molar refractivity (Wildman–Crippen MR) is 114 cm³/mol. The van der Waals surface area contributed by atoms with Crippen LogP contribution < -0.4 is 15.0 Å². The predicted octanol–water partition coefficient (Wildman–Crippen LogP) is 3.30. The minimum absolute atomic E-state index is 0.0487. The van der Waals surface area contributed by atoms with E-state index in [1.165, 1.54) is 11.3 Å². The average Bonchev–Trinajstić information content (AvgIpc) is 2.74. The van der Waals surface area contributed by atoms with E-state index in [2.05, 4.69) is 57.6 Å². The third-order valence-corrected chi connectivity index (χ3v) is 5.07. The van der Waals surface area contributed by atoms with Gasteiger partial charge in [0.05, 0.1) is 6.54 Å². The van der Waals surface area contributed by atoms with E-state index in [9.17, 15) is 4.79 Å². The van der Waals surface area contributed by atoms with Crippen molar-refractivity contribution in [2.75, 3.05) is 37.6 Å². The van der Waals surface area contributed by atoms with Gasteiger partial charge in [0.25, 0.3) is 0 Å². The third-order valence-electron chi connectivity index (χ3n) is 5.07. The molecule has 0 bridgehead atoms. The standard InChI is InChI=1S/C23H31N3O2/c1-3-23(27)24-17-19(2)28-22-11-9-20(10-12-22)18-25-13-15-26(16-14-25)21-7-5-4-6-8-21/h4-12,19H,3,13-18H2,1-2H3,(H,24,27). The molecule has 5 heteroatoms. The normalized spacial score (nSPS) is 15.9. The minimum Gasteiger partial charge on any atom is -0.489 e. The van der Waals surface area contributed by atoms with Crippen molar-refractivity contribution in [2.45, 2.75) is 32.9 Å². The van der Waals surface area contributed by atoms with E-state index >= 15 is 0 Å². The van der Waals surface area contributed by atoms with Gasteiger partial charge in [0.1, 0.15) is 11.9 Å². The molecule has 1 unspecified atom stereocenters. The molecule has 2 aromatic rings. The lowest BCUT2D eigenvalue weighted by Gasteiger charge is -2.36. The number of anilines is 1. The average molecular weight is 382 g/mol. The van der Waals surface area contributed by atoms with Crippen LogP contribution in [0.25, 0.3) is 0 Å². The van der Waals surface area contributed by atoms with Crippen LogP contribution in [0.5, 0.6) is 5.75 Å². The number of hydrogen-bond acceptors (Lipinski definition) is 4. The molecule has 1 fully saturated rings. The molecule has 3 rings (SSSR count). The Bertz CT molecular complexity index is 725. The highest BCUT2D eigenvalue weighted by Gasteiger charge is 2.17. The maximum absolute atomic E-state index is 11.3. The summed E-state index contributed by atoms with van der Waals surface area (Å²) < 4.78 is 5.88. The molecule has 1 amide bonds. The number of piperazine rings is 1. The maximum Gasteiger partial charge on any atom is 0.219 e. The summed E-state index contributed by atoms with van der Waals surface area (Å²) in [7, 11) is 0. The topological polar surface area (TPSA) is 44.8 Å². The fourth-order valence-electron chi connectivity index (χ4n) is 3.39. The smallest absolute Gasteiger partial charge is 0.219 e. The van der Waals surface area contributed by atoms with Gasteiger partial charge < -0.3 is 15.0 Å². The van der Waals surface area contributed by atoms with E-state index in [4.69, 9.17) is 4.74 Å². The van der Waals surface area contributed by atoms with Crippen LogP contribution in [0.1, 0.15) is 25.8 Å². The third kappa shape index (κ3) is 5.99. The van der Waals surface area contributed by atoms with Crippen LogP contribution in [-0.4, -0.2) is 49.6 Å². The second-order valence-electron chi connectivity index (χ2n) is 7.33. The van der Waals surface area contributed by atoms with E-state index < -0.39 is 0 Å². The highest BCUT2D eigenvalue weighted by Crippen LogP contribution is 2.18. The molecule has 150 valence electrons. The molecule has 1 N–H and O–H groups in total. The van der Waals surface area contributed by atoms with Gasteiger partial charge >= 0.3 is 0 Å². The lowest BCUT2D eigenvalue weighted by atomic mass is 10.2. The summed E-state index contributed by atoms with van der Waals surface area (Å²) in [4.78, 5) is 16.3. The van der Waals surface area contributed by atoms with E-state index in [0.29, 0.717) is 13.0 Å². The first kappa shape index (κ1) is 20.2. The summed E-state index contributed by atoms with van der Waals surface area (Å²) in [6.07, 6.45) is 0.452. The second kappa shape index (κ2) is 10.1. The van der Waals surface area contributed by atoms with E-state index in [-0.39, 0.29) is 12.0 Å². The molecular weight excluding hydrogens is 350 g/mol. The van der Waals surface area contributed by atoms with E-state index in [0.717, 1.165) is 38.5 Å². The van der Waals surface area contributed by atoms with E-state index in [1.807, 2.05) is 26.0 Å². The van der Waals surface area contributed by atoms with Crippen LogP contribution >= 0.6 is 0 Å². The molecule has 0 aromatic heterocycles. The number of para-hydroxylation sites is 1. The molecule has 0 saturated carbocycles. The quantitative estimate of drug-likeness (QED) is 0.762. The van der Waals surface area contributed by atoms with Crippen LogP contribution in [0.3, 0.4) is 0 Å². The van der Waals surface area contributed by atoms with Gasteiger partial charge in [-0.15, -0.1) is 0 Å². The maximum atomic E-state index is 11.3. The van der Waals surface area contributed by atoms with Crippen LogP contribution in [0, 0.1) is 0 Å². The Morgan fingerprint density at radius 2 is 1.71 bits per heavy atom. The zero-order chi connectivity index (χ0) is 19.8. The molecule has 1 aliphatic rings. The number of carbonyl (C=O) groups is 1. The molecule has 5 nitrogen and oxygen atoms in total. The lowest BCUT2D eigenvalue weighted by molar-refractivity contribution is -0.121. The molecule has 1 atom stereocenters. The van der Waals surface area contributed by atoms with Gasteiger partial charge in [-0.1, -0.05) is 37.3 Å². The zero-order valence-electron chi connectivity index (χ0n) is 16.9. The van der Waals surface area contributed by atoms with Crippen molar-refractivity contribution in [1.29, 1.82) is 0 Å². The number of benzene rings is 2. The van der Waals surface area contributed by atoms with Gasteiger partial charge in [-0.3, -0.25) is 9.69 Å². The Kier molecular flexibility index (Phi) is 7.31. The summed E-state index contributed by atoms with van der Waals surface area (Å²) in [6.45, 7) is 9.57. The summed E-state index contributed by atoms with van der Waals surface area (Å²) in [5, 5.41) is 2.86. The molecule has 1 heterocycles.